The number of hydrogen-bond donors (Lipinski definition) is 1. The van der Waals surface area contributed by atoms with Crippen molar-refractivity contribution >= 4 is 61.5 Å². The van der Waals surface area contributed by atoms with Crippen molar-refractivity contribution in [2.75, 3.05) is 12.0 Å². The first kappa shape index (κ1) is 17.2. The smallest absolute Gasteiger partial charge is 0.195 e. The van der Waals surface area contributed by atoms with Gasteiger partial charge in [-0.15, -0.1) is 0 Å². The van der Waals surface area contributed by atoms with Gasteiger partial charge >= 0.3 is 0 Å². The molecule has 3 aromatic rings. The van der Waals surface area contributed by atoms with E-state index in [0.717, 1.165) is 6.26 Å². The van der Waals surface area contributed by atoms with Gasteiger partial charge in [0, 0.05) is 11.3 Å². The van der Waals surface area contributed by atoms with Crippen molar-refractivity contribution in [3.63, 3.8) is 0 Å². The number of halogens is 3. The largest absolute Gasteiger partial charge is 0.383 e. The van der Waals surface area contributed by atoms with Gasteiger partial charge in [0.15, 0.2) is 20.5 Å². The van der Waals surface area contributed by atoms with Crippen LogP contribution >= 0.6 is 34.8 Å². The third-order valence-electron chi connectivity index (χ3n) is 3.18. The molecule has 24 heavy (non-hydrogen) atoms. The van der Waals surface area contributed by atoms with Crippen LogP contribution in [-0.4, -0.2) is 34.4 Å². The van der Waals surface area contributed by atoms with Crippen molar-refractivity contribution in [2.24, 2.45) is 0 Å². The van der Waals surface area contributed by atoms with Crippen LogP contribution in [-0.2, 0) is 9.84 Å². The Hall–Kier alpha value is -1.61. The normalized spacial score (nSPS) is 12.0. The first-order valence-corrected chi connectivity index (χ1v) is 9.50. The average molecular weight is 407 g/mol. The number of benzene rings is 1. The van der Waals surface area contributed by atoms with Crippen LogP contribution in [0.3, 0.4) is 0 Å². The summed E-state index contributed by atoms with van der Waals surface area (Å²) in [6.07, 6.45) is 1.02. The van der Waals surface area contributed by atoms with E-state index in [1.54, 1.807) is 6.92 Å². The Labute approximate surface area is 152 Å². The van der Waals surface area contributed by atoms with Gasteiger partial charge in [0.1, 0.15) is 22.7 Å². The Morgan fingerprint density at radius 3 is 2.25 bits per heavy atom. The highest BCUT2D eigenvalue weighted by atomic mass is 35.5. The summed E-state index contributed by atoms with van der Waals surface area (Å²) in [5.41, 5.74) is 6.33. The molecule has 0 saturated heterocycles. The van der Waals surface area contributed by atoms with Crippen molar-refractivity contribution in [1.29, 1.82) is 0 Å². The molecule has 3 rings (SSSR count). The van der Waals surface area contributed by atoms with Gasteiger partial charge in [0.2, 0.25) is 0 Å². The number of nitrogens with two attached hydrogens (primary N) is 1. The lowest BCUT2D eigenvalue weighted by atomic mass is 10.3. The lowest BCUT2D eigenvalue weighted by Crippen LogP contribution is -2.03. The number of aryl methyl sites for hydroxylation is 1. The molecule has 126 valence electrons. The molecule has 0 spiro atoms. The molecule has 0 aliphatic rings. The number of sulfone groups is 1. The second-order valence-corrected chi connectivity index (χ2v) is 8.24. The van der Waals surface area contributed by atoms with Crippen molar-refractivity contribution in [3.05, 3.63) is 33.0 Å². The van der Waals surface area contributed by atoms with E-state index in [-0.39, 0.29) is 37.6 Å². The Bertz CT molecular complexity index is 1070. The van der Waals surface area contributed by atoms with Gasteiger partial charge in [-0.1, -0.05) is 34.8 Å². The highest BCUT2D eigenvalue weighted by Crippen LogP contribution is 2.35. The molecule has 0 atom stereocenters. The Balaban J connectivity index is 2.51. The second kappa shape index (κ2) is 5.73. The van der Waals surface area contributed by atoms with E-state index in [4.69, 9.17) is 40.5 Å². The molecule has 2 heterocycles. The fraction of sp³-hybridized carbons (Fsp3) is 0.154. The molecule has 2 N–H and O–H groups in total. The van der Waals surface area contributed by atoms with Crippen LogP contribution in [0.1, 0.15) is 5.82 Å². The molecule has 0 bridgehead atoms. The van der Waals surface area contributed by atoms with Crippen molar-refractivity contribution in [2.45, 2.75) is 11.9 Å². The summed E-state index contributed by atoms with van der Waals surface area (Å²) in [5, 5.41) is 4.69. The predicted molar refractivity (Wildman–Crippen MR) is 93.9 cm³/mol. The summed E-state index contributed by atoms with van der Waals surface area (Å²) in [7, 11) is -3.69. The minimum Gasteiger partial charge on any atom is -0.383 e. The number of fused-ring (bicyclic) bond motifs is 1. The van der Waals surface area contributed by atoms with Crippen LogP contribution in [0, 0.1) is 6.92 Å². The number of nitrogens with zero attached hydrogens (tertiary/aromatic N) is 4. The summed E-state index contributed by atoms with van der Waals surface area (Å²) in [6.45, 7) is 1.62. The third-order valence-corrected chi connectivity index (χ3v) is 4.96. The Morgan fingerprint density at radius 2 is 1.71 bits per heavy atom. The molecule has 0 amide bonds. The van der Waals surface area contributed by atoms with Gasteiger partial charge in [0.25, 0.3) is 0 Å². The maximum absolute atomic E-state index is 12.1. The van der Waals surface area contributed by atoms with Crippen molar-refractivity contribution < 1.29 is 8.42 Å². The summed E-state index contributed by atoms with van der Waals surface area (Å²) in [6, 6.07) is 2.94. The predicted octanol–water partition coefficient (Wildman–Crippen LogP) is 3.07. The maximum Gasteiger partial charge on any atom is 0.195 e. The van der Waals surface area contributed by atoms with Gasteiger partial charge < -0.3 is 5.73 Å². The molecule has 2 aromatic heterocycles. The zero-order chi connectivity index (χ0) is 17.8. The summed E-state index contributed by atoms with van der Waals surface area (Å²) >= 11 is 18.4. The van der Waals surface area contributed by atoms with Gasteiger partial charge in [-0.3, -0.25) is 0 Å². The summed E-state index contributed by atoms with van der Waals surface area (Å²) in [5.74, 6) is 0.354. The van der Waals surface area contributed by atoms with Crippen LogP contribution in [0.4, 0.5) is 5.82 Å². The van der Waals surface area contributed by atoms with Crippen LogP contribution in [0.25, 0.3) is 16.7 Å². The number of hydrogen-bond acceptors (Lipinski definition) is 6. The van der Waals surface area contributed by atoms with Gasteiger partial charge in [-0.25, -0.2) is 23.1 Å². The molecule has 7 nitrogen and oxygen atoms in total. The number of anilines is 1. The number of aromatic nitrogens is 4. The van der Waals surface area contributed by atoms with Gasteiger partial charge in [-0.05, 0) is 19.1 Å². The molecule has 1 aromatic carbocycles. The lowest BCUT2D eigenvalue weighted by Gasteiger charge is -2.09. The minimum atomic E-state index is -3.69. The SMILES string of the molecule is Cc1nc(N)c2c(S(C)(=O)=O)nn(-c3c(Cl)cc(Cl)cc3Cl)c2n1. The second-order valence-electron chi connectivity index (χ2n) is 5.06. The van der Waals surface area contributed by atoms with E-state index in [0.29, 0.717) is 10.8 Å². The number of rotatable bonds is 2. The van der Waals surface area contributed by atoms with E-state index in [9.17, 15) is 8.42 Å². The molecule has 0 unspecified atom stereocenters. The molecule has 0 radical (unpaired) electrons. The zero-order valence-corrected chi connectivity index (χ0v) is 15.5. The monoisotopic (exact) mass is 405 g/mol. The summed E-state index contributed by atoms with van der Waals surface area (Å²) < 4.78 is 25.4. The van der Waals surface area contributed by atoms with E-state index in [1.165, 1.54) is 16.8 Å². The van der Waals surface area contributed by atoms with Crippen molar-refractivity contribution in [3.8, 4) is 5.69 Å². The molecule has 0 fully saturated rings. The Morgan fingerprint density at radius 1 is 1.12 bits per heavy atom. The van der Waals surface area contributed by atoms with Crippen LogP contribution in [0.5, 0.6) is 0 Å². The highest BCUT2D eigenvalue weighted by Gasteiger charge is 2.26. The van der Waals surface area contributed by atoms with Crippen molar-refractivity contribution in [1.82, 2.24) is 19.7 Å². The maximum atomic E-state index is 12.1. The number of nitrogen functional groups attached to an aromatic ring is 1. The topological polar surface area (TPSA) is 104 Å². The molecule has 0 saturated carbocycles. The molecule has 11 heteroatoms. The van der Waals surface area contributed by atoms with Crippen LogP contribution < -0.4 is 5.73 Å². The average Bonchev–Trinajstić information content (AvgIpc) is 2.77. The van der Waals surface area contributed by atoms with Crippen LogP contribution in [0.15, 0.2) is 17.2 Å². The lowest BCUT2D eigenvalue weighted by molar-refractivity contribution is 0.597. The fourth-order valence-electron chi connectivity index (χ4n) is 2.28. The van der Waals surface area contributed by atoms with E-state index >= 15 is 0 Å². The quantitative estimate of drug-likeness (QED) is 0.701. The Kier molecular flexibility index (Phi) is 4.11. The minimum absolute atomic E-state index is 0.00498. The first-order valence-electron chi connectivity index (χ1n) is 6.47. The van der Waals surface area contributed by atoms with E-state index in [2.05, 4.69) is 15.1 Å². The van der Waals surface area contributed by atoms with E-state index < -0.39 is 9.84 Å². The van der Waals surface area contributed by atoms with E-state index in [1.807, 2.05) is 0 Å². The summed E-state index contributed by atoms with van der Waals surface area (Å²) in [4.78, 5) is 8.25. The van der Waals surface area contributed by atoms with Gasteiger partial charge in [-0.2, -0.15) is 5.10 Å². The third kappa shape index (κ3) is 2.79. The fourth-order valence-corrected chi connectivity index (χ4v) is 4.05. The molecular formula is C13H10Cl3N5O2S. The first-order chi connectivity index (χ1) is 11.1. The molecular weight excluding hydrogens is 397 g/mol. The standard InChI is InChI=1S/C13H10Cl3N5O2S/c1-5-18-11(17)9-12(19-5)21(20-13(9)24(2,22)23)10-7(15)3-6(14)4-8(10)16/h3-4H,1-2H3,(H2,17,18,19). The molecule has 0 aliphatic carbocycles. The van der Waals surface area contributed by atoms with Crippen LogP contribution in [0.2, 0.25) is 15.1 Å². The van der Waals surface area contributed by atoms with Gasteiger partial charge in [0.05, 0.1) is 10.0 Å². The molecule has 0 aliphatic heterocycles. The highest BCUT2D eigenvalue weighted by molar-refractivity contribution is 7.90. The zero-order valence-electron chi connectivity index (χ0n) is 12.4.